The van der Waals surface area contributed by atoms with Crippen LogP contribution in [-0.2, 0) is 16.1 Å². The third-order valence-corrected chi connectivity index (χ3v) is 5.38. The van der Waals surface area contributed by atoms with E-state index in [9.17, 15) is 19.2 Å². The summed E-state index contributed by atoms with van der Waals surface area (Å²) in [5.41, 5.74) is -0.138. The number of benzene rings is 1. The van der Waals surface area contributed by atoms with Crippen LogP contribution in [0.2, 0.25) is 0 Å². The maximum atomic E-state index is 13.9. The first-order valence-electron chi connectivity index (χ1n) is 8.54. The van der Waals surface area contributed by atoms with E-state index in [1.807, 2.05) is 6.07 Å². The van der Waals surface area contributed by atoms with Gasteiger partial charge in [0, 0.05) is 25.2 Å². The number of aromatic nitrogens is 1. The van der Waals surface area contributed by atoms with Crippen molar-refractivity contribution in [2.75, 3.05) is 26.3 Å². The first-order chi connectivity index (χ1) is 13.1. The monoisotopic (exact) mass is 387 g/mol. The van der Waals surface area contributed by atoms with Crippen LogP contribution in [0.4, 0.5) is 4.39 Å². The fourth-order valence-electron chi connectivity index (χ4n) is 2.84. The Morgan fingerprint density at radius 1 is 1.37 bits per heavy atom. The van der Waals surface area contributed by atoms with E-state index in [0.717, 1.165) is 11.3 Å². The van der Waals surface area contributed by atoms with Gasteiger partial charge in [0.15, 0.2) is 5.57 Å². The molecule has 6 nitrogen and oxygen atoms in total. The molecule has 0 bridgehead atoms. The third-order valence-electron chi connectivity index (χ3n) is 4.25. The van der Waals surface area contributed by atoms with E-state index in [1.54, 1.807) is 30.0 Å². The Morgan fingerprint density at radius 3 is 2.70 bits per heavy atom. The summed E-state index contributed by atoms with van der Waals surface area (Å²) in [5, 5.41) is 9.59. The number of amides is 1. The van der Waals surface area contributed by atoms with Gasteiger partial charge in [-0.3, -0.25) is 14.2 Å². The highest BCUT2D eigenvalue weighted by molar-refractivity contribution is 7.07. The standard InChI is InChI=1S/C19H18FN3O3S/c1-2-23-18(25)16(11-13-5-3-4-6-15(13)20)27-19(23)14(12-21)17(24)22-7-9-26-10-8-22/h3-6,11H,2,7-10H2,1H3/b16-11+,19-14-. The molecule has 1 aliphatic heterocycles. The van der Waals surface area contributed by atoms with Crippen LogP contribution in [0, 0.1) is 17.1 Å². The van der Waals surface area contributed by atoms with E-state index in [2.05, 4.69) is 0 Å². The number of rotatable bonds is 3. The lowest BCUT2D eigenvalue weighted by Gasteiger charge is -2.26. The summed E-state index contributed by atoms with van der Waals surface area (Å²) >= 11 is 1.03. The fraction of sp³-hybridized carbons (Fsp3) is 0.316. The van der Waals surface area contributed by atoms with E-state index >= 15 is 0 Å². The average Bonchev–Trinajstić information content (AvgIpc) is 3.00. The molecule has 0 spiro atoms. The molecular weight excluding hydrogens is 369 g/mol. The number of carbonyl (C=O) groups excluding carboxylic acids is 1. The van der Waals surface area contributed by atoms with Crippen molar-refractivity contribution < 1.29 is 13.9 Å². The molecule has 140 valence electrons. The van der Waals surface area contributed by atoms with Crippen molar-refractivity contribution in [3.63, 3.8) is 0 Å². The third kappa shape index (κ3) is 3.84. The molecule has 1 aromatic heterocycles. The topological polar surface area (TPSA) is 75.3 Å². The second-order valence-corrected chi connectivity index (χ2v) is 6.91. The van der Waals surface area contributed by atoms with Crippen molar-refractivity contribution in [2.24, 2.45) is 0 Å². The van der Waals surface area contributed by atoms with Gasteiger partial charge < -0.3 is 9.64 Å². The zero-order valence-electron chi connectivity index (χ0n) is 14.8. The van der Waals surface area contributed by atoms with Gasteiger partial charge in [0.1, 0.15) is 16.5 Å². The van der Waals surface area contributed by atoms with Crippen molar-refractivity contribution in [1.29, 1.82) is 5.26 Å². The molecule has 1 fully saturated rings. The van der Waals surface area contributed by atoms with E-state index in [-0.39, 0.29) is 21.2 Å². The molecule has 0 saturated carbocycles. The Balaban J connectivity index is 2.19. The van der Waals surface area contributed by atoms with Crippen LogP contribution in [0.1, 0.15) is 12.5 Å². The van der Waals surface area contributed by atoms with Crippen molar-refractivity contribution >= 4 is 28.9 Å². The summed E-state index contributed by atoms with van der Waals surface area (Å²) in [6.07, 6.45) is 1.45. The number of hydrogen-bond donors (Lipinski definition) is 0. The van der Waals surface area contributed by atoms with Crippen LogP contribution in [0.25, 0.3) is 11.6 Å². The zero-order valence-corrected chi connectivity index (χ0v) is 15.6. The van der Waals surface area contributed by atoms with Crippen molar-refractivity contribution in [3.8, 4) is 6.07 Å². The van der Waals surface area contributed by atoms with E-state index in [4.69, 9.17) is 4.74 Å². The van der Waals surface area contributed by atoms with Crippen LogP contribution in [0.5, 0.6) is 0 Å². The van der Waals surface area contributed by atoms with Gasteiger partial charge in [0.2, 0.25) is 0 Å². The van der Waals surface area contributed by atoms with Gasteiger partial charge in [0.25, 0.3) is 11.5 Å². The summed E-state index contributed by atoms with van der Waals surface area (Å²) < 4.78 is 21.1. The molecule has 0 unspecified atom stereocenters. The van der Waals surface area contributed by atoms with E-state index < -0.39 is 11.7 Å². The van der Waals surface area contributed by atoms with Gasteiger partial charge in [-0.15, -0.1) is 11.3 Å². The predicted molar refractivity (Wildman–Crippen MR) is 99.9 cm³/mol. The second kappa shape index (κ2) is 8.29. The average molecular weight is 387 g/mol. The van der Waals surface area contributed by atoms with Crippen LogP contribution in [0.15, 0.2) is 29.1 Å². The highest BCUT2D eigenvalue weighted by atomic mass is 32.1. The maximum Gasteiger partial charge on any atom is 0.269 e. The number of nitrogens with zero attached hydrogens (tertiary/aromatic N) is 3. The van der Waals surface area contributed by atoms with Crippen molar-refractivity contribution in [1.82, 2.24) is 9.47 Å². The van der Waals surface area contributed by atoms with Gasteiger partial charge in [-0.1, -0.05) is 18.2 Å². The molecule has 0 N–H and O–H groups in total. The Labute approximate surface area is 159 Å². The van der Waals surface area contributed by atoms with Crippen LogP contribution in [-0.4, -0.2) is 41.7 Å². The highest BCUT2D eigenvalue weighted by Gasteiger charge is 2.23. The molecule has 0 atom stereocenters. The number of ether oxygens (including phenoxy) is 1. The molecule has 0 aliphatic carbocycles. The quantitative estimate of drug-likeness (QED) is 0.766. The van der Waals surface area contributed by atoms with Crippen molar-refractivity contribution in [3.05, 3.63) is 55.2 Å². The first-order valence-corrected chi connectivity index (χ1v) is 9.35. The molecule has 3 rings (SSSR count). The normalized spacial score (nSPS) is 16.2. The number of halogens is 1. The minimum absolute atomic E-state index is 0.0750. The molecule has 27 heavy (non-hydrogen) atoms. The Bertz CT molecular complexity index is 1070. The lowest BCUT2D eigenvalue weighted by atomic mass is 10.2. The molecule has 8 heteroatoms. The zero-order chi connectivity index (χ0) is 19.4. The van der Waals surface area contributed by atoms with Gasteiger partial charge >= 0.3 is 0 Å². The van der Waals surface area contributed by atoms with Crippen LogP contribution < -0.4 is 14.8 Å². The Kier molecular flexibility index (Phi) is 5.84. The Morgan fingerprint density at radius 2 is 2.07 bits per heavy atom. The predicted octanol–water partition coefficient (Wildman–Crippen LogP) is 0.431. The summed E-state index contributed by atoms with van der Waals surface area (Å²) in [6.45, 7) is 3.71. The molecule has 0 radical (unpaired) electrons. The summed E-state index contributed by atoms with van der Waals surface area (Å²) in [7, 11) is 0. The number of carbonyl (C=O) groups is 1. The largest absolute Gasteiger partial charge is 0.378 e. The SMILES string of the molecule is CCn1c(=O)/c(=C\c2ccccc2F)s/c1=C(/C#N)C(=O)N1CCOCC1. The molecular formula is C19H18FN3O3S. The minimum Gasteiger partial charge on any atom is -0.378 e. The number of nitriles is 1. The second-order valence-electron chi connectivity index (χ2n) is 5.88. The molecule has 1 aromatic carbocycles. The summed E-state index contributed by atoms with van der Waals surface area (Å²) in [5.74, 6) is -0.856. The fourth-order valence-corrected chi connectivity index (χ4v) is 3.99. The first kappa shape index (κ1) is 19.0. The van der Waals surface area contributed by atoms with E-state index in [1.165, 1.54) is 16.7 Å². The van der Waals surface area contributed by atoms with Gasteiger partial charge in [-0.2, -0.15) is 5.26 Å². The summed E-state index contributed by atoms with van der Waals surface area (Å²) in [6, 6.07) is 8.08. The van der Waals surface area contributed by atoms with E-state index in [0.29, 0.717) is 37.5 Å². The lowest BCUT2D eigenvalue weighted by Crippen LogP contribution is -2.42. The molecule has 1 amide bonds. The molecule has 1 aliphatic rings. The maximum absolute atomic E-state index is 13.9. The van der Waals surface area contributed by atoms with Crippen LogP contribution >= 0.6 is 11.3 Å². The number of hydrogen-bond acceptors (Lipinski definition) is 5. The highest BCUT2D eigenvalue weighted by Crippen LogP contribution is 2.07. The minimum atomic E-state index is -0.441. The molecule has 1 saturated heterocycles. The number of thiazole rings is 1. The van der Waals surface area contributed by atoms with Gasteiger partial charge in [-0.05, 0) is 19.1 Å². The molecule has 2 heterocycles. The molecule has 2 aromatic rings. The van der Waals surface area contributed by atoms with Crippen molar-refractivity contribution in [2.45, 2.75) is 13.5 Å². The Hall–Kier alpha value is -2.76. The summed E-state index contributed by atoms with van der Waals surface area (Å²) in [4.78, 5) is 27.0. The number of morpholine rings is 1. The smallest absolute Gasteiger partial charge is 0.269 e. The van der Waals surface area contributed by atoms with Crippen LogP contribution in [0.3, 0.4) is 0 Å². The van der Waals surface area contributed by atoms with Gasteiger partial charge in [-0.25, -0.2) is 4.39 Å². The van der Waals surface area contributed by atoms with Gasteiger partial charge in [0.05, 0.1) is 17.7 Å². The lowest BCUT2D eigenvalue weighted by molar-refractivity contribution is -0.128.